The highest BCUT2D eigenvalue weighted by Gasteiger charge is 2.20. The number of fused-ring (bicyclic) bond motifs is 1. The van der Waals surface area contributed by atoms with Crippen LogP contribution in [0.2, 0.25) is 0 Å². The summed E-state index contributed by atoms with van der Waals surface area (Å²) >= 11 is 0. The third-order valence-electron chi connectivity index (χ3n) is 4.11. The Morgan fingerprint density at radius 2 is 1.74 bits per heavy atom. The van der Waals surface area contributed by atoms with E-state index in [1.807, 2.05) is 24.3 Å². The summed E-state index contributed by atoms with van der Waals surface area (Å²) in [6.45, 7) is 1.01. The van der Waals surface area contributed by atoms with Crippen LogP contribution >= 0.6 is 0 Å². The lowest BCUT2D eigenvalue weighted by Crippen LogP contribution is -2.35. The summed E-state index contributed by atoms with van der Waals surface area (Å²) < 4.78 is 24.9. The Balaban J connectivity index is 1.32. The first-order chi connectivity index (χ1) is 13.1. The van der Waals surface area contributed by atoms with Crippen LogP contribution in [0.4, 0.5) is 4.39 Å². The van der Waals surface area contributed by atoms with E-state index in [1.54, 1.807) is 6.07 Å². The number of benzene rings is 2. The quantitative estimate of drug-likeness (QED) is 0.782. The highest BCUT2D eigenvalue weighted by Crippen LogP contribution is 2.31. The molecule has 0 saturated heterocycles. The average Bonchev–Trinajstić information content (AvgIpc) is 2.68. The molecule has 0 saturated carbocycles. The van der Waals surface area contributed by atoms with E-state index >= 15 is 0 Å². The zero-order valence-electron chi connectivity index (χ0n) is 14.7. The Morgan fingerprint density at radius 3 is 2.56 bits per heavy atom. The largest absolute Gasteiger partial charge is 0.486 e. The van der Waals surface area contributed by atoms with E-state index in [9.17, 15) is 14.0 Å². The van der Waals surface area contributed by atoms with Crippen molar-refractivity contribution in [3.8, 4) is 11.5 Å². The average molecular weight is 372 g/mol. The minimum atomic E-state index is -0.587. The Bertz CT molecular complexity index is 812. The van der Waals surface area contributed by atoms with Gasteiger partial charge in [-0.25, -0.2) is 4.39 Å². The minimum Gasteiger partial charge on any atom is -0.486 e. The molecule has 3 rings (SSSR count). The third-order valence-corrected chi connectivity index (χ3v) is 4.11. The van der Waals surface area contributed by atoms with Crippen molar-refractivity contribution >= 4 is 11.8 Å². The fraction of sp³-hybridized carbons (Fsp3) is 0.300. The van der Waals surface area contributed by atoms with Gasteiger partial charge in [0.25, 0.3) is 5.91 Å². The molecule has 0 bridgehead atoms. The van der Waals surface area contributed by atoms with Crippen molar-refractivity contribution in [1.82, 2.24) is 10.6 Å². The fourth-order valence-corrected chi connectivity index (χ4v) is 2.70. The van der Waals surface area contributed by atoms with Gasteiger partial charge >= 0.3 is 0 Å². The van der Waals surface area contributed by atoms with Gasteiger partial charge in [0.05, 0.1) is 5.56 Å². The zero-order chi connectivity index (χ0) is 19.1. The fourth-order valence-electron chi connectivity index (χ4n) is 2.70. The van der Waals surface area contributed by atoms with Crippen LogP contribution in [-0.2, 0) is 4.79 Å². The Morgan fingerprint density at radius 1 is 1.00 bits per heavy atom. The molecule has 2 aromatic carbocycles. The second-order valence-corrected chi connectivity index (χ2v) is 6.12. The molecule has 0 aliphatic carbocycles. The van der Waals surface area contributed by atoms with Crippen LogP contribution in [0.15, 0.2) is 48.5 Å². The molecule has 142 valence electrons. The Hall–Kier alpha value is -3.09. The van der Waals surface area contributed by atoms with Gasteiger partial charge in [-0.15, -0.1) is 0 Å². The number of para-hydroxylation sites is 2. The van der Waals surface area contributed by atoms with E-state index in [0.717, 1.165) is 5.75 Å². The molecule has 0 radical (unpaired) electrons. The molecule has 2 amide bonds. The topological polar surface area (TPSA) is 76.7 Å². The van der Waals surface area contributed by atoms with Crippen LogP contribution in [0.5, 0.6) is 11.5 Å². The van der Waals surface area contributed by atoms with E-state index < -0.39 is 11.7 Å². The Kier molecular flexibility index (Phi) is 6.25. The van der Waals surface area contributed by atoms with Gasteiger partial charge in [-0.05, 0) is 24.3 Å². The number of amides is 2. The SMILES string of the molecule is O=C(CCNC(=O)c1ccccc1F)NCC[C@@H]1COc2ccccc2O1. The molecule has 1 aliphatic rings. The number of hydrogen-bond donors (Lipinski definition) is 2. The molecule has 1 heterocycles. The number of hydrogen-bond acceptors (Lipinski definition) is 4. The monoisotopic (exact) mass is 372 g/mol. The van der Waals surface area contributed by atoms with E-state index in [4.69, 9.17) is 9.47 Å². The summed E-state index contributed by atoms with van der Waals surface area (Å²) in [4.78, 5) is 23.7. The molecule has 1 aliphatic heterocycles. The molecule has 1 atom stereocenters. The summed E-state index contributed by atoms with van der Waals surface area (Å²) in [5.74, 6) is 0.114. The highest BCUT2D eigenvalue weighted by molar-refractivity contribution is 5.94. The van der Waals surface area contributed by atoms with Crippen molar-refractivity contribution in [3.63, 3.8) is 0 Å². The van der Waals surface area contributed by atoms with Gasteiger partial charge in [-0.1, -0.05) is 24.3 Å². The zero-order valence-corrected chi connectivity index (χ0v) is 14.7. The van der Waals surface area contributed by atoms with E-state index in [1.165, 1.54) is 18.2 Å². The maximum atomic E-state index is 13.5. The summed E-state index contributed by atoms with van der Waals surface area (Å²) in [6.07, 6.45) is 0.605. The third kappa shape index (κ3) is 5.20. The maximum Gasteiger partial charge on any atom is 0.254 e. The van der Waals surface area contributed by atoms with Gasteiger partial charge in [0.15, 0.2) is 11.5 Å². The van der Waals surface area contributed by atoms with E-state index in [-0.39, 0.29) is 30.5 Å². The molecule has 6 nitrogen and oxygen atoms in total. The molecule has 2 aromatic rings. The van der Waals surface area contributed by atoms with Crippen molar-refractivity contribution in [2.24, 2.45) is 0 Å². The van der Waals surface area contributed by atoms with Gasteiger partial charge in [0, 0.05) is 25.9 Å². The molecule has 0 fully saturated rings. The van der Waals surface area contributed by atoms with Crippen LogP contribution in [0.1, 0.15) is 23.2 Å². The summed E-state index contributed by atoms with van der Waals surface area (Å²) in [6, 6.07) is 13.2. The Labute approximate surface area is 156 Å². The van der Waals surface area contributed by atoms with Gasteiger partial charge in [-0.3, -0.25) is 9.59 Å². The number of halogens is 1. The second kappa shape index (κ2) is 9.02. The summed E-state index contributed by atoms with van der Waals surface area (Å²) in [7, 11) is 0. The first-order valence-electron chi connectivity index (χ1n) is 8.81. The van der Waals surface area contributed by atoms with Gasteiger partial charge in [0.1, 0.15) is 18.5 Å². The number of carbonyl (C=O) groups is 2. The molecule has 27 heavy (non-hydrogen) atoms. The predicted octanol–water partition coefficient (Wildman–Crippen LogP) is 2.29. The summed E-state index contributed by atoms with van der Waals surface area (Å²) in [5.41, 5.74) is -0.0346. The van der Waals surface area contributed by atoms with E-state index in [2.05, 4.69) is 10.6 Å². The molecular weight excluding hydrogens is 351 g/mol. The standard InChI is InChI=1S/C20H21FN2O4/c21-16-6-2-1-5-15(16)20(25)23-12-10-19(24)22-11-9-14-13-26-17-7-3-4-8-18(17)27-14/h1-8,14H,9-13H2,(H,22,24)(H,23,25)/t14-/m1/s1. The van der Waals surface area contributed by atoms with E-state index in [0.29, 0.717) is 25.3 Å². The molecular formula is C20H21FN2O4. The van der Waals surface area contributed by atoms with Crippen molar-refractivity contribution in [1.29, 1.82) is 0 Å². The normalized spacial score (nSPS) is 15.1. The van der Waals surface area contributed by atoms with Gasteiger partial charge in [-0.2, -0.15) is 0 Å². The molecule has 0 spiro atoms. The molecule has 2 N–H and O–H groups in total. The number of carbonyl (C=O) groups excluding carboxylic acids is 2. The van der Waals surface area contributed by atoms with Gasteiger partial charge < -0.3 is 20.1 Å². The van der Waals surface area contributed by atoms with Crippen molar-refractivity contribution in [2.75, 3.05) is 19.7 Å². The molecule has 0 unspecified atom stereocenters. The highest BCUT2D eigenvalue weighted by atomic mass is 19.1. The maximum absolute atomic E-state index is 13.5. The van der Waals surface area contributed by atoms with Gasteiger partial charge in [0.2, 0.25) is 5.91 Å². The lowest BCUT2D eigenvalue weighted by Gasteiger charge is -2.26. The lowest BCUT2D eigenvalue weighted by molar-refractivity contribution is -0.121. The van der Waals surface area contributed by atoms with Crippen LogP contribution in [-0.4, -0.2) is 37.6 Å². The van der Waals surface area contributed by atoms with Crippen LogP contribution in [0.25, 0.3) is 0 Å². The molecule has 7 heteroatoms. The van der Waals surface area contributed by atoms with Crippen molar-refractivity contribution in [3.05, 3.63) is 59.9 Å². The smallest absolute Gasteiger partial charge is 0.254 e. The van der Waals surface area contributed by atoms with Crippen LogP contribution in [0, 0.1) is 5.82 Å². The van der Waals surface area contributed by atoms with Crippen LogP contribution in [0.3, 0.4) is 0 Å². The van der Waals surface area contributed by atoms with Crippen molar-refractivity contribution in [2.45, 2.75) is 18.9 Å². The van der Waals surface area contributed by atoms with Crippen molar-refractivity contribution < 1.29 is 23.5 Å². The van der Waals surface area contributed by atoms with Crippen LogP contribution < -0.4 is 20.1 Å². The second-order valence-electron chi connectivity index (χ2n) is 6.12. The first kappa shape index (κ1) is 18.7. The lowest BCUT2D eigenvalue weighted by atomic mass is 10.2. The first-order valence-corrected chi connectivity index (χ1v) is 8.81. The molecule has 0 aromatic heterocycles. The number of nitrogens with one attached hydrogen (secondary N) is 2. The number of ether oxygens (including phenoxy) is 2. The summed E-state index contributed by atoms with van der Waals surface area (Å²) in [5, 5.41) is 5.32. The predicted molar refractivity (Wildman–Crippen MR) is 97.3 cm³/mol. The number of rotatable bonds is 7. The minimum absolute atomic E-state index is 0.0346.